The number of ether oxygens (including phenoxy) is 2. The van der Waals surface area contributed by atoms with E-state index in [1.807, 2.05) is 13.0 Å². The molecule has 2 aliphatic heterocycles. The molecule has 16 nitrogen and oxygen atoms in total. The van der Waals surface area contributed by atoms with Crippen molar-refractivity contribution in [2.45, 2.75) is 76.4 Å². The highest BCUT2D eigenvalue weighted by Crippen LogP contribution is 2.29. The zero-order valence-corrected chi connectivity index (χ0v) is 29.2. The molecular weight excluding hydrogens is 662 g/mol. The van der Waals surface area contributed by atoms with Gasteiger partial charge in [0.05, 0.1) is 12.3 Å². The van der Waals surface area contributed by atoms with Gasteiger partial charge in [-0.15, -0.1) is 0 Å². The van der Waals surface area contributed by atoms with Crippen molar-refractivity contribution in [3.05, 3.63) is 42.1 Å². The second-order valence-electron chi connectivity index (χ2n) is 13.1. The molecule has 1 saturated carbocycles. The fourth-order valence-corrected chi connectivity index (χ4v) is 6.23. The maximum Gasteiger partial charge on any atom is 0.409 e. The van der Waals surface area contributed by atoms with Gasteiger partial charge in [-0.3, -0.25) is 24.0 Å². The molecule has 5 amide bonds. The molecular formula is C35H47N7O9. The van der Waals surface area contributed by atoms with Crippen molar-refractivity contribution in [2.24, 2.45) is 0 Å². The average Bonchev–Trinajstić information content (AvgIpc) is 3.71. The molecule has 0 radical (unpaired) electrons. The molecule has 0 spiro atoms. The first kappa shape index (κ1) is 37.1. The number of benzene rings is 1. The molecule has 3 aliphatic rings. The lowest BCUT2D eigenvalue weighted by molar-refractivity contribution is -0.144. The number of para-hydroxylation sites is 1. The Hall–Kier alpha value is -5.15. The number of carboxylic acids is 1. The lowest BCUT2D eigenvalue weighted by atomic mass is 10.1. The van der Waals surface area contributed by atoms with Crippen LogP contribution in [0.5, 0.6) is 5.88 Å². The third-order valence-corrected chi connectivity index (χ3v) is 9.38. The van der Waals surface area contributed by atoms with Gasteiger partial charge < -0.3 is 39.5 Å². The van der Waals surface area contributed by atoms with Crippen LogP contribution in [0, 0.1) is 0 Å². The topological polar surface area (TPSA) is 184 Å². The second-order valence-corrected chi connectivity index (χ2v) is 13.1. The van der Waals surface area contributed by atoms with E-state index in [-0.39, 0.29) is 68.5 Å². The Labute approximate surface area is 296 Å². The molecule has 2 aromatic rings. The number of carbonyl (C=O) groups excluding carboxylic acids is 5. The Morgan fingerprint density at radius 3 is 2.37 bits per heavy atom. The summed E-state index contributed by atoms with van der Waals surface area (Å²) in [5, 5.41) is 16.4. The molecule has 276 valence electrons. The van der Waals surface area contributed by atoms with Crippen LogP contribution in [0.25, 0.3) is 5.69 Å². The summed E-state index contributed by atoms with van der Waals surface area (Å²) in [4.78, 5) is 83.7. The van der Waals surface area contributed by atoms with Crippen molar-refractivity contribution in [1.29, 1.82) is 0 Å². The zero-order chi connectivity index (χ0) is 36.5. The Kier molecular flexibility index (Phi) is 12.5. The van der Waals surface area contributed by atoms with Crippen molar-refractivity contribution in [3.8, 4) is 11.6 Å². The molecule has 1 aromatic carbocycles. The number of hydrogen-bond acceptors (Lipinski definition) is 9. The predicted molar refractivity (Wildman–Crippen MR) is 182 cm³/mol. The SMILES string of the molecule is CCCCOC(=O)N1CCN(C(=O)[C@H](CCC(=O)O)NC(=O)c2cc(OCC(=O)N3CCC[C@H]3C(=O)N(C)C3CC3)n(-c3ccccc3)n2)CC1. The number of aromatic nitrogens is 2. The van der Waals surface area contributed by atoms with Crippen LogP contribution in [0.15, 0.2) is 36.4 Å². The lowest BCUT2D eigenvalue weighted by Gasteiger charge is -2.36. The number of nitrogens with one attached hydrogen (secondary N) is 1. The van der Waals surface area contributed by atoms with Crippen molar-refractivity contribution in [3.63, 3.8) is 0 Å². The monoisotopic (exact) mass is 709 g/mol. The third-order valence-electron chi connectivity index (χ3n) is 9.38. The second kappa shape index (κ2) is 17.2. The van der Waals surface area contributed by atoms with Crippen LogP contribution in [-0.4, -0.2) is 141 Å². The van der Waals surface area contributed by atoms with Gasteiger partial charge in [0.2, 0.25) is 17.7 Å². The van der Waals surface area contributed by atoms with E-state index in [0.717, 1.165) is 25.7 Å². The number of likely N-dealkylation sites (N-methyl/N-ethyl adjacent to an activating group) is 1. The van der Waals surface area contributed by atoms with Gasteiger partial charge in [0.25, 0.3) is 11.8 Å². The van der Waals surface area contributed by atoms with Crippen LogP contribution < -0.4 is 10.1 Å². The van der Waals surface area contributed by atoms with Crippen LogP contribution in [0.1, 0.15) is 68.8 Å². The van der Waals surface area contributed by atoms with Gasteiger partial charge in [0.15, 0.2) is 12.3 Å². The number of rotatable bonds is 15. The highest BCUT2D eigenvalue weighted by Gasteiger charge is 2.40. The first-order valence-electron chi connectivity index (χ1n) is 17.6. The summed E-state index contributed by atoms with van der Waals surface area (Å²) in [6.45, 7) is 3.21. The molecule has 1 aliphatic carbocycles. The van der Waals surface area contributed by atoms with E-state index in [9.17, 15) is 33.9 Å². The van der Waals surface area contributed by atoms with Crippen molar-refractivity contribution >= 4 is 35.7 Å². The summed E-state index contributed by atoms with van der Waals surface area (Å²) in [6, 6.07) is 8.69. The number of hydrogen-bond donors (Lipinski definition) is 2. The first-order chi connectivity index (χ1) is 24.6. The van der Waals surface area contributed by atoms with E-state index in [1.165, 1.54) is 20.5 Å². The van der Waals surface area contributed by atoms with Crippen LogP contribution in [0.4, 0.5) is 4.79 Å². The van der Waals surface area contributed by atoms with E-state index in [2.05, 4.69) is 10.4 Å². The number of unbranched alkanes of at least 4 members (excludes halogenated alkanes) is 1. The Morgan fingerprint density at radius 1 is 1.00 bits per heavy atom. The quantitative estimate of drug-likeness (QED) is 0.259. The molecule has 2 saturated heterocycles. The maximum absolute atomic E-state index is 13.6. The number of nitrogens with zero attached hydrogens (tertiary/aromatic N) is 6. The molecule has 16 heteroatoms. The van der Waals surface area contributed by atoms with Gasteiger partial charge in [-0.1, -0.05) is 31.5 Å². The Morgan fingerprint density at radius 2 is 1.71 bits per heavy atom. The molecule has 3 fully saturated rings. The molecule has 0 unspecified atom stereocenters. The number of amides is 5. The highest BCUT2D eigenvalue weighted by molar-refractivity contribution is 5.96. The Bertz CT molecular complexity index is 1570. The van der Waals surface area contributed by atoms with Crippen molar-refractivity contribution < 1.29 is 43.3 Å². The van der Waals surface area contributed by atoms with Gasteiger partial charge in [-0.2, -0.15) is 5.10 Å². The van der Waals surface area contributed by atoms with Gasteiger partial charge >= 0.3 is 12.1 Å². The van der Waals surface area contributed by atoms with Crippen LogP contribution in [0.2, 0.25) is 0 Å². The minimum atomic E-state index is -1.18. The van der Waals surface area contributed by atoms with E-state index in [0.29, 0.717) is 31.7 Å². The Balaban J connectivity index is 1.26. The van der Waals surface area contributed by atoms with Gasteiger partial charge in [-0.05, 0) is 50.7 Å². The molecule has 0 bridgehead atoms. The van der Waals surface area contributed by atoms with Gasteiger partial charge in [-0.25, -0.2) is 9.48 Å². The zero-order valence-electron chi connectivity index (χ0n) is 29.2. The summed E-state index contributed by atoms with van der Waals surface area (Å²) in [7, 11) is 1.77. The number of piperazine rings is 1. The minimum Gasteiger partial charge on any atom is -0.481 e. The fraction of sp³-hybridized carbons (Fsp3) is 0.571. The number of aliphatic carboxylic acids is 1. The first-order valence-corrected chi connectivity index (χ1v) is 17.6. The van der Waals surface area contributed by atoms with Gasteiger partial charge in [0.1, 0.15) is 12.1 Å². The van der Waals surface area contributed by atoms with Crippen LogP contribution in [0.3, 0.4) is 0 Å². The highest BCUT2D eigenvalue weighted by atomic mass is 16.6. The van der Waals surface area contributed by atoms with Crippen molar-refractivity contribution in [2.75, 3.05) is 53.0 Å². The summed E-state index contributed by atoms with van der Waals surface area (Å²) >= 11 is 0. The normalized spacial score (nSPS) is 17.8. The van der Waals surface area contributed by atoms with Crippen LogP contribution in [-0.2, 0) is 23.9 Å². The summed E-state index contributed by atoms with van der Waals surface area (Å²) < 4.78 is 12.6. The largest absolute Gasteiger partial charge is 0.481 e. The van der Waals surface area contributed by atoms with E-state index in [1.54, 1.807) is 41.1 Å². The summed E-state index contributed by atoms with van der Waals surface area (Å²) in [5.41, 5.74) is 0.429. The molecule has 3 heterocycles. The molecule has 2 atom stereocenters. The number of carboxylic acid groups (broad SMARTS) is 1. The van der Waals surface area contributed by atoms with E-state index >= 15 is 0 Å². The minimum absolute atomic E-state index is 0.0737. The van der Waals surface area contributed by atoms with Crippen LogP contribution >= 0.6 is 0 Å². The molecule has 5 rings (SSSR count). The lowest BCUT2D eigenvalue weighted by Crippen LogP contribution is -2.56. The third kappa shape index (κ3) is 9.55. The molecule has 1 aromatic heterocycles. The number of likely N-dealkylation sites (tertiary alicyclic amines) is 1. The smallest absolute Gasteiger partial charge is 0.409 e. The van der Waals surface area contributed by atoms with Gasteiger partial charge in [0, 0.05) is 58.3 Å². The molecule has 2 N–H and O–H groups in total. The summed E-state index contributed by atoms with van der Waals surface area (Å²) in [5.74, 6) is -2.69. The maximum atomic E-state index is 13.6. The average molecular weight is 710 g/mol. The molecule has 51 heavy (non-hydrogen) atoms. The van der Waals surface area contributed by atoms with Crippen molar-refractivity contribution in [1.82, 2.24) is 34.7 Å². The van der Waals surface area contributed by atoms with E-state index in [4.69, 9.17) is 9.47 Å². The summed E-state index contributed by atoms with van der Waals surface area (Å²) in [6.07, 6.45) is 3.88. The van der Waals surface area contributed by atoms with E-state index < -0.39 is 42.6 Å². The fourth-order valence-electron chi connectivity index (χ4n) is 6.23. The number of carbonyl (C=O) groups is 6. The predicted octanol–water partition coefficient (Wildman–Crippen LogP) is 1.91. The standard InChI is InChI=1S/C35H47N7O9/c1-3-4-21-50-35(49)40-19-17-39(18-20-40)33(47)26(14-15-31(44)45)36-32(46)27-22-30(42(37-27)25-9-6-5-7-10-25)51-23-29(43)41-16-8-11-28(41)34(48)38(2)24-12-13-24/h5-7,9-10,22,24,26,28H,3-4,8,11-21,23H2,1-2H3,(H,36,46)(H,44,45)/t26-,28-/m0/s1.